The summed E-state index contributed by atoms with van der Waals surface area (Å²) in [6.45, 7) is 5.05. The number of piperazine rings is 1. The molecule has 9 heteroatoms. The van der Waals surface area contributed by atoms with Gasteiger partial charge in [0.25, 0.3) is 0 Å². The van der Waals surface area contributed by atoms with Gasteiger partial charge in [0, 0.05) is 32.7 Å². The first-order valence-corrected chi connectivity index (χ1v) is 7.76. The molecule has 130 valence electrons. The number of urea groups is 1. The number of methoxy groups -OCH3 is 1. The summed E-state index contributed by atoms with van der Waals surface area (Å²) >= 11 is 0. The average molecular weight is 328 g/mol. The molecule has 2 fully saturated rings. The van der Waals surface area contributed by atoms with Crippen molar-refractivity contribution in [3.8, 4) is 0 Å². The SMILES string of the molecule is COC(=O)[C@@H](C)NC(=O)[C@@H]1CNCCN1C(=O)N1CCOCC1. The second-order valence-electron chi connectivity index (χ2n) is 5.55. The molecule has 0 aliphatic carbocycles. The Morgan fingerprint density at radius 3 is 2.61 bits per heavy atom. The molecule has 0 aromatic rings. The van der Waals surface area contributed by atoms with E-state index >= 15 is 0 Å². The zero-order chi connectivity index (χ0) is 16.8. The van der Waals surface area contributed by atoms with Crippen LogP contribution in [0.3, 0.4) is 0 Å². The van der Waals surface area contributed by atoms with E-state index < -0.39 is 18.1 Å². The van der Waals surface area contributed by atoms with Crippen LogP contribution in [0.15, 0.2) is 0 Å². The van der Waals surface area contributed by atoms with Gasteiger partial charge in [-0.3, -0.25) is 4.79 Å². The van der Waals surface area contributed by atoms with Gasteiger partial charge in [0.1, 0.15) is 12.1 Å². The smallest absolute Gasteiger partial charge is 0.328 e. The van der Waals surface area contributed by atoms with E-state index in [4.69, 9.17) is 4.74 Å². The van der Waals surface area contributed by atoms with Crippen LogP contribution in [0, 0.1) is 0 Å². The molecule has 3 amide bonds. The number of carbonyl (C=O) groups is 3. The number of carbonyl (C=O) groups excluding carboxylic acids is 3. The quantitative estimate of drug-likeness (QED) is 0.605. The maximum Gasteiger partial charge on any atom is 0.328 e. The first-order chi connectivity index (χ1) is 11.0. The summed E-state index contributed by atoms with van der Waals surface area (Å²) in [7, 11) is 1.27. The summed E-state index contributed by atoms with van der Waals surface area (Å²) in [4.78, 5) is 39.8. The van der Waals surface area contributed by atoms with E-state index in [0.717, 1.165) is 0 Å². The van der Waals surface area contributed by atoms with Gasteiger partial charge in [-0.2, -0.15) is 0 Å². The van der Waals surface area contributed by atoms with Crippen LogP contribution in [0.5, 0.6) is 0 Å². The molecule has 0 radical (unpaired) electrons. The topological polar surface area (TPSA) is 100 Å². The van der Waals surface area contributed by atoms with E-state index in [0.29, 0.717) is 45.9 Å². The number of rotatable bonds is 3. The summed E-state index contributed by atoms with van der Waals surface area (Å²) in [5.41, 5.74) is 0. The summed E-state index contributed by atoms with van der Waals surface area (Å²) in [6, 6.07) is -1.57. The third kappa shape index (κ3) is 4.32. The molecule has 0 aromatic heterocycles. The monoisotopic (exact) mass is 328 g/mol. The number of esters is 1. The van der Waals surface area contributed by atoms with Crippen molar-refractivity contribution in [2.75, 3.05) is 53.0 Å². The predicted molar refractivity (Wildman–Crippen MR) is 80.8 cm³/mol. The minimum Gasteiger partial charge on any atom is -0.467 e. The Bertz CT molecular complexity index is 452. The Hall–Kier alpha value is -1.87. The number of hydrogen-bond donors (Lipinski definition) is 2. The van der Waals surface area contributed by atoms with Crippen molar-refractivity contribution in [1.29, 1.82) is 0 Å². The van der Waals surface area contributed by atoms with Gasteiger partial charge in [-0.05, 0) is 6.92 Å². The molecule has 2 aliphatic heterocycles. The molecule has 0 saturated carbocycles. The summed E-state index contributed by atoms with van der Waals surface area (Å²) in [5.74, 6) is -0.884. The minimum atomic E-state index is -0.755. The molecule has 0 spiro atoms. The van der Waals surface area contributed by atoms with Crippen molar-refractivity contribution >= 4 is 17.9 Å². The Balaban J connectivity index is 2.00. The molecule has 9 nitrogen and oxygen atoms in total. The fourth-order valence-corrected chi connectivity index (χ4v) is 2.65. The van der Waals surface area contributed by atoms with Crippen LogP contribution >= 0.6 is 0 Å². The van der Waals surface area contributed by atoms with Crippen molar-refractivity contribution in [3.63, 3.8) is 0 Å². The molecule has 2 rings (SSSR count). The third-order valence-corrected chi connectivity index (χ3v) is 3.99. The van der Waals surface area contributed by atoms with E-state index in [1.807, 2.05) is 0 Å². The largest absolute Gasteiger partial charge is 0.467 e. The van der Waals surface area contributed by atoms with Crippen LogP contribution in [-0.2, 0) is 19.1 Å². The lowest BCUT2D eigenvalue weighted by molar-refractivity contribution is -0.145. The number of nitrogens with one attached hydrogen (secondary N) is 2. The Kier molecular flexibility index (Phi) is 6.17. The normalized spacial score (nSPS) is 23.1. The lowest BCUT2D eigenvalue weighted by atomic mass is 10.1. The highest BCUT2D eigenvalue weighted by Gasteiger charge is 2.35. The maximum absolute atomic E-state index is 12.6. The number of amides is 3. The molecule has 0 aromatic carbocycles. The second kappa shape index (κ2) is 8.11. The van der Waals surface area contributed by atoms with Crippen molar-refractivity contribution in [2.45, 2.75) is 19.0 Å². The zero-order valence-electron chi connectivity index (χ0n) is 13.5. The third-order valence-electron chi connectivity index (χ3n) is 3.99. The van der Waals surface area contributed by atoms with Gasteiger partial charge in [0.15, 0.2) is 0 Å². The van der Waals surface area contributed by atoms with Crippen molar-refractivity contribution in [3.05, 3.63) is 0 Å². The molecular weight excluding hydrogens is 304 g/mol. The van der Waals surface area contributed by atoms with E-state index in [1.165, 1.54) is 7.11 Å². The standard InChI is InChI=1S/C14H24N4O5/c1-10(13(20)22-2)16-12(19)11-9-15-3-4-18(11)14(21)17-5-7-23-8-6-17/h10-11,15H,3-9H2,1-2H3,(H,16,19)/t10-,11+/m1/s1. The highest BCUT2D eigenvalue weighted by atomic mass is 16.5. The van der Waals surface area contributed by atoms with E-state index in [-0.39, 0.29) is 11.9 Å². The number of ether oxygens (including phenoxy) is 2. The van der Waals surface area contributed by atoms with Crippen molar-refractivity contribution < 1.29 is 23.9 Å². The molecule has 2 saturated heterocycles. The molecule has 2 atom stereocenters. The Morgan fingerprint density at radius 1 is 1.26 bits per heavy atom. The van der Waals surface area contributed by atoms with Crippen LogP contribution in [0.4, 0.5) is 4.79 Å². The summed E-state index contributed by atoms with van der Waals surface area (Å²) in [6.07, 6.45) is 0. The van der Waals surface area contributed by atoms with Crippen LogP contribution in [0.1, 0.15) is 6.92 Å². The average Bonchev–Trinajstić information content (AvgIpc) is 2.60. The van der Waals surface area contributed by atoms with Crippen molar-refractivity contribution in [2.24, 2.45) is 0 Å². The number of hydrogen-bond acceptors (Lipinski definition) is 6. The Labute approximate surface area is 135 Å². The van der Waals surface area contributed by atoms with Crippen molar-refractivity contribution in [1.82, 2.24) is 20.4 Å². The summed E-state index contributed by atoms with van der Waals surface area (Å²) in [5, 5.41) is 5.70. The lowest BCUT2D eigenvalue weighted by Gasteiger charge is -2.39. The van der Waals surface area contributed by atoms with Gasteiger partial charge in [-0.25, -0.2) is 9.59 Å². The van der Waals surface area contributed by atoms with E-state index in [2.05, 4.69) is 15.4 Å². The minimum absolute atomic E-state index is 0.166. The number of morpholine rings is 1. The lowest BCUT2D eigenvalue weighted by Crippen LogP contribution is -2.63. The molecular formula is C14H24N4O5. The van der Waals surface area contributed by atoms with E-state index in [9.17, 15) is 14.4 Å². The molecule has 2 aliphatic rings. The molecule has 23 heavy (non-hydrogen) atoms. The maximum atomic E-state index is 12.6. The molecule has 2 N–H and O–H groups in total. The molecule has 0 bridgehead atoms. The fraction of sp³-hybridized carbons (Fsp3) is 0.786. The van der Waals surface area contributed by atoms with Crippen LogP contribution in [-0.4, -0.2) is 92.8 Å². The van der Waals surface area contributed by atoms with Crippen LogP contribution < -0.4 is 10.6 Å². The van der Waals surface area contributed by atoms with Gasteiger partial charge in [0.2, 0.25) is 5.91 Å². The van der Waals surface area contributed by atoms with E-state index in [1.54, 1.807) is 16.7 Å². The highest BCUT2D eigenvalue weighted by molar-refractivity contribution is 5.90. The first-order valence-electron chi connectivity index (χ1n) is 7.76. The molecule has 2 heterocycles. The zero-order valence-corrected chi connectivity index (χ0v) is 13.5. The van der Waals surface area contributed by atoms with Gasteiger partial charge >= 0.3 is 12.0 Å². The Morgan fingerprint density at radius 2 is 1.96 bits per heavy atom. The highest BCUT2D eigenvalue weighted by Crippen LogP contribution is 2.10. The van der Waals surface area contributed by atoms with Gasteiger partial charge in [-0.1, -0.05) is 0 Å². The number of nitrogens with zero attached hydrogens (tertiary/aromatic N) is 2. The van der Waals surface area contributed by atoms with Crippen LogP contribution in [0.2, 0.25) is 0 Å². The molecule has 0 unspecified atom stereocenters. The van der Waals surface area contributed by atoms with Gasteiger partial charge < -0.3 is 29.9 Å². The predicted octanol–water partition coefficient (Wildman–Crippen LogP) is -1.61. The fourth-order valence-electron chi connectivity index (χ4n) is 2.65. The first kappa shape index (κ1) is 17.5. The van der Waals surface area contributed by atoms with Gasteiger partial charge in [-0.15, -0.1) is 0 Å². The second-order valence-corrected chi connectivity index (χ2v) is 5.55. The summed E-state index contributed by atoms with van der Waals surface area (Å²) < 4.78 is 9.85. The van der Waals surface area contributed by atoms with Crippen LogP contribution in [0.25, 0.3) is 0 Å². The van der Waals surface area contributed by atoms with Gasteiger partial charge in [0.05, 0.1) is 20.3 Å².